The Kier molecular flexibility index (Phi) is 6.13. The average molecular weight is 362 g/mol. The molecule has 0 fully saturated rings. The number of carbonyl (C=O) groups excluding carboxylic acids is 1. The van der Waals surface area contributed by atoms with Gasteiger partial charge in [-0.25, -0.2) is 0 Å². The van der Waals surface area contributed by atoms with Gasteiger partial charge in [-0.2, -0.15) is 0 Å². The summed E-state index contributed by atoms with van der Waals surface area (Å²) in [6.45, 7) is 2.68. The molecular weight excluding hydrogens is 338 g/mol. The summed E-state index contributed by atoms with van der Waals surface area (Å²) in [7, 11) is 1.85. The van der Waals surface area contributed by atoms with Crippen molar-refractivity contribution < 1.29 is 4.79 Å². The van der Waals surface area contributed by atoms with Crippen LogP contribution in [0.3, 0.4) is 0 Å². The van der Waals surface area contributed by atoms with Crippen molar-refractivity contribution in [3.05, 3.63) is 101 Å². The molecule has 1 amide bonds. The molecule has 0 aliphatic carbocycles. The van der Waals surface area contributed by atoms with Crippen LogP contribution in [0, 0.1) is 6.92 Å². The molecule has 0 atom stereocenters. The van der Waals surface area contributed by atoms with Crippen LogP contribution in [-0.4, -0.2) is 17.9 Å². The van der Waals surface area contributed by atoms with Crippen LogP contribution in [-0.2, 0) is 12.3 Å². The first-order valence-electron chi connectivity index (χ1n) is 8.69. The molecule has 0 N–H and O–H groups in total. The van der Waals surface area contributed by atoms with Crippen LogP contribution < -0.4 is 0 Å². The van der Waals surface area contributed by atoms with Gasteiger partial charge in [0.2, 0.25) is 0 Å². The van der Waals surface area contributed by atoms with E-state index >= 15 is 0 Å². The number of thioether (sulfide) groups is 1. The Bertz CT molecular complexity index is 842. The van der Waals surface area contributed by atoms with Crippen molar-refractivity contribution in [2.45, 2.75) is 24.1 Å². The molecule has 0 unspecified atom stereocenters. The summed E-state index contributed by atoms with van der Waals surface area (Å²) in [6, 6.07) is 26.6. The normalized spacial score (nSPS) is 10.5. The largest absolute Gasteiger partial charge is 0.337 e. The van der Waals surface area contributed by atoms with Crippen LogP contribution in [0.15, 0.2) is 83.8 Å². The van der Waals surface area contributed by atoms with E-state index in [2.05, 4.69) is 43.3 Å². The predicted molar refractivity (Wildman–Crippen MR) is 109 cm³/mol. The van der Waals surface area contributed by atoms with E-state index in [4.69, 9.17) is 0 Å². The second-order valence-corrected chi connectivity index (χ2v) is 7.49. The minimum absolute atomic E-state index is 0.0489. The molecule has 0 saturated carbocycles. The number of aryl methyl sites for hydroxylation is 1. The van der Waals surface area contributed by atoms with Gasteiger partial charge in [0.15, 0.2) is 0 Å². The number of carbonyl (C=O) groups is 1. The molecule has 0 aliphatic heterocycles. The van der Waals surface area contributed by atoms with Gasteiger partial charge in [0.25, 0.3) is 5.91 Å². The fourth-order valence-electron chi connectivity index (χ4n) is 2.69. The summed E-state index contributed by atoms with van der Waals surface area (Å²) >= 11 is 1.80. The molecule has 3 rings (SSSR count). The van der Waals surface area contributed by atoms with Crippen molar-refractivity contribution in [1.82, 2.24) is 4.90 Å². The molecule has 3 aromatic rings. The molecule has 132 valence electrons. The number of benzene rings is 3. The van der Waals surface area contributed by atoms with Gasteiger partial charge < -0.3 is 4.90 Å². The third-order valence-electron chi connectivity index (χ3n) is 4.24. The Morgan fingerprint density at radius 2 is 1.46 bits per heavy atom. The highest BCUT2D eigenvalue weighted by molar-refractivity contribution is 7.98. The van der Waals surface area contributed by atoms with Crippen LogP contribution in [0.4, 0.5) is 0 Å². The molecule has 0 spiro atoms. The highest BCUT2D eigenvalue weighted by Crippen LogP contribution is 2.22. The smallest absolute Gasteiger partial charge is 0.253 e. The zero-order valence-corrected chi connectivity index (χ0v) is 16.0. The first kappa shape index (κ1) is 18.3. The molecule has 0 heterocycles. The van der Waals surface area contributed by atoms with Crippen LogP contribution in [0.25, 0.3) is 0 Å². The highest BCUT2D eigenvalue weighted by atomic mass is 32.2. The zero-order chi connectivity index (χ0) is 18.4. The Morgan fingerprint density at radius 3 is 2.12 bits per heavy atom. The molecule has 2 nitrogen and oxygen atoms in total. The third-order valence-corrected chi connectivity index (χ3v) is 5.32. The summed E-state index contributed by atoms with van der Waals surface area (Å²) in [5.41, 5.74) is 4.32. The standard InChI is InChI=1S/C23H23NOS/c1-18-8-10-19(11-9-18)16-24(2)23(25)21-14-12-20(13-15-21)17-26-22-6-4-3-5-7-22/h3-15H,16-17H2,1-2H3. The lowest BCUT2D eigenvalue weighted by atomic mass is 10.1. The Labute approximate surface area is 159 Å². The summed E-state index contributed by atoms with van der Waals surface area (Å²) < 4.78 is 0. The van der Waals surface area contributed by atoms with Gasteiger partial charge in [-0.15, -0.1) is 11.8 Å². The second-order valence-electron chi connectivity index (χ2n) is 6.45. The van der Waals surface area contributed by atoms with Gasteiger partial charge >= 0.3 is 0 Å². The van der Waals surface area contributed by atoms with Crippen molar-refractivity contribution in [2.75, 3.05) is 7.05 Å². The molecule has 3 aromatic carbocycles. The number of hydrogen-bond acceptors (Lipinski definition) is 2. The lowest BCUT2D eigenvalue weighted by Crippen LogP contribution is -2.26. The fourth-order valence-corrected chi connectivity index (χ4v) is 3.56. The third kappa shape index (κ3) is 4.99. The lowest BCUT2D eigenvalue weighted by molar-refractivity contribution is 0.0785. The predicted octanol–water partition coefficient (Wildman–Crippen LogP) is 5.56. The average Bonchev–Trinajstić information content (AvgIpc) is 2.69. The van der Waals surface area contributed by atoms with E-state index in [0.717, 1.165) is 16.9 Å². The van der Waals surface area contributed by atoms with Gasteiger partial charge in [-0.1, -0.05) is 60.2 Å². The summed E-state index contributed by atoms with van der Waals surface area (Å²) in [5.74, 6) is 0.949. The molecule has 0 saturated heterocycles. The summed E-state index contributed by atoms with van der Waals surface area (Å²) in [6.07, 6.45) is 0. The van der Waals surface area contributed by atoms with Crippen LogP contribution in [0.2, 0.25) is 0 Å². The first-order chi connectivity index (χ1) is 12.6. The number of nitrogens with zero attached hydrogens (tertiary/aromatic N) is 1. The zero-order valence-electron chi connectivity index (χ0n) is 15.2. The van der Waals surface area contributed by atoms with Crippen molar-refractivity contribution in [3.8, 4) is 0 Å². The van der Waals surface area contributed by atoms with E-state index < -0.39 is 0 Å². The SMILES string of the molecule is Cc1ccc(CN(C)C(=O)c2ccc(CSc3ccccc3)cc2)cc1. The van der Waals surface area contributed by atoms with E-state index in [1.54, 1.807) is 16.7 Å². The van der Waals surface area contributed by atoms with Crippen molar-refractivity contribution in [3.63, 3.8) is 0 Å². The first-order valence-corrected chi connectivity index (χ1v) is 9.68. The lowest BCUT2D eigenvalue weighted by Gasteiger charge is -2.17. The fraction of sp³-hybridized carbons (Fsp3) is 0.174. The molecule has 0 bridgehead atoms. The van der Waals surface area contributed by atoms with Crippen LogP contribution in [0.5, 0.6) is 0 Å². The number of amides is 1. The molecule has 26 heavy (non-hydrogen) atoms. The molecular formula is C23H23NOS. The van der Waals surface area contributed by atoms with Crippen molar-refractivity contribution in [2.24, 2.45) is 0 Å². The van der Waals surface area contributed by atoms with Gasteiger partial charge in [0.1, 0.15) is 0 Å². The quantitative estimate of drug-likeness (QED) is 0.536. The van der Waals surface area contributed by atoms with E-state index in [1.807, 2.05) is 49.5 Å². The maximum Gasteiger partial charge on any atom is 0.253 e. The summed E-state index contributed by atoms with van der Waals surface area (Å²) in [4.78, 5) is 15.6. The summed E-state index contributed by atoms with van der Waals surface area (Å²) in [5, 5.41) is 0. The Morgan fingerprint density at radius 1 is 0.846 bits per heavy atom. The maximum absolute atomic E-state index is 12.6. The van der Waals surface area contributed by atoms with Gasteiger partial charge in [-0.3, -0.25) is 4.79 Å². The molecule has 0 aliphatic rings. The molecule has 3 heteroatoms. The minimum Gasteiger partial charge on any atom is -0.337 e. The molecule has 0 aromatic heterocycles. The van der Waals surface area contributed by atoms with Gasteiger partial charge in [0, 0.05) is 29.8 Å². The Hall–Kier alpha value is -2.52. The monoisotopic (exact) mass is 361 g/mol. The van der Waals surface area contributed by atoms with E-state index in [1.165, 1.54) is 16.0 Å². The topological polar surface area (TPSA) is 20.3 Å². The minimum atomic E-state index is 0.0489. The number of rotatable bonds is 6. The van der Waals surface area contributed by atoms with Gasteiger partial charge in [-0.05, 0) is 42.3 Å². The van der Waals surface area contributed by atoms with E-state index in [0.29, 0.717) is 6.54 Å². The van der Waals surface area contributed by atoms with Crippen molar-refractivity contribution in [1.29, 1.82) is 0 Å². The van der Waals surface area contributed by atoms with Crippen LogP contribution in [0.1, 0.15) is 27.0 Å². The highest BCUT2D eigenvalue weighted by Gasteiger charge is 2.12. The molecule has 0 radical (unpaired) electrons. The Balaban J connectivity index is 1.58. The second kappa shape index (κ2) is 8.72. The number of hydrogen-bond donors (Lipinski definition) is 0. The van der Waals surface area contributed by atoms with Crippen LogP contribution >= 0.6 is 11.8 Å². The maximum atomic E-state index is 12.6. The van der Waals surface area contributed by atoms with Crippen molar-refractivity contribution >= 4 is 17.7 Å². The van der Waals surface area contributed by atoms with E-state index in [-0.39, 0.29) is 5.91 Å². The van der Waals surface area contributed by atoms with Gasteiger partial charge in [0.05, 0.1) is 0 Å². The van der Waals surface area contributed by atoms with E-state index in [9.17, 15) is 4.79 Å².